The Balaban J connectivity index is 1.57. The molecule has 0 saturated carbocycles. The number of hydrogen-bond acceptors (Lipinski definition) is 3. The lowest BCUT2D eigenvalue weighted by atomic mass is 9.92. The summed E-state index contributed by atoms with van der Waals surface area (Å²) in [6.07, 6.45) is 2.08. The summed E-state index contributed by atoms with van der Waals surface area (Å²) < 4.78 is 0. The van der Waals surface area contributed by atoms with Crippen molar-refractivity contribution in [1.29, 1.82) is 0 Å². The molecule has 2 aliphatic rings. The van der Waals surface area contributed by atoms with Crippen LogP contribution < -0.4 is 5.32 Å². The first-order chi connectivity index (χ1) is 13.1. The van der Waals surface area contributed by atoms with Crippen LogP contribution in [0.4, 0.5) is 0 Å². The summed E-state index contributed by atoms with van der Waals surface area (Å²) in [5.74, 6) is 1.24. The number of aryl methyl sites for hydroxylation is 1. The highest BCUT2D eigenvalue weighted by Gasteiger charge is 2.32. The zero-order valence-corrected chi connectivity index (χ0v) is 15.8. The number of ketones is 1. The fourth-order valence-corrected chi connectivity index (χ4v) is 4.32. The third kappa shape index (κ3) is 3.67. The van der Waals surface area contributed by atoms with Crippen molar-refractivity contribution in [1.82, 2.24) is 10.2 Å². The molecule has 0 aliphatic carbocycles. The van der Waals surface area contributed by atoms with Crippen LogP contribution in [0.2, 0.25) is 0 Å². The standard InChI is InChI=1S/C23H26N2O2/c1-16-6-8-17(9-7-16)22(26)20-4-2-3-5-21(20)23(27)25-12-10-18-14-24-15-19(18)11-13-25/h2-9,18-19,24H,10-15H2,1H3/t18-,19+. The van der Waals surface area contributed by atoms with E-state index in [2.05, 4.69) is 5.32 Å². The number of nitrogens with one attached hydrogen (secondary N) is 1. The highest BCUT2D eigenvalue weighted by molar-refractivity contribution is 6.15. The van der Waals surface area contributed by atoms with E-state index in [1.165, 1.54) is 0 Å². The lowest BCUT2D eigenvalue weighted by Gasteiger charge is -2.22. The number of likely N-dealkylation sites (tertiary alicyclic amines) is 1. The number of benzene rings is 2. The Hall–Kier alpha value is -2.46. The number of nitrogens with zero attached hydrogens (tertiary/aromatic N) is 1. The van der Waals surface area contributed by atoms with E-state index in [1.807, 2.05) is 48.2 Å². The predicted octanol–water partition coefficient (Wildman–Crippen LogP) is 3.30. The number of carbonyl (C=O) groups excluding carboxylic acids is 2. The smallest absolute Gasteiger partial charge is 0.254 e. The largest absolute Gasteiger partial charge is 0.339 e. The second-order valence-electron chi connectivity index (χ2n) is 7.79. The molecule has 2 fully saturated rings. The quantitative estimate of drug-likeness (QED) is 0.853. The minimum atomic E-state index is -0.0881. The van der Waals surface area contributed by atoms with E-state index < -0.39 is 0 Å². The van der Waals surface area contributed by atoms with Crippen LogP contribution in [-0.2, 0) is 0 Å². The zero-order valence-electron chi connectivity index (χ0n) is 15.8. The molecule has 27 heavy (non-hydrogen) atoms. The maximum absolute atomic E-state index is 13.2. The fraction of sp³-hybridized carbons (Fsp3) is 0.391. The van der Waals surface area contributed by atoms with Crippen LogP contribution in [0, 0.1) is 18.8 Å². The first-order valence-electron chi connectivity index (χ1n) is 9.84. The van der Waals surface area contributed by atoms with Gasteiger partial charge in [-0.15, -0.1) is 0 Å². The summed E-state index contributed by atoms with van der Waals surface area (Å²) in [4.78, 5) is 28.2. The Morgan fingerprint density at radius 2 is 1.48 bits per heavy atom. The average Bonchev–Trinajstić information content (AvgIpc) is 3.06. The molecule has 2 aromatic rings. The Bertz CT molecular complexity index is 830. The molecular formula is C23H26N2O2. The minimum absolute atomic E-state index is 0.0148. The number of fused-ring (bicyclic) bond motifs is 1. The van der Waals surface area contributed by atoms with Gasteiger partial charge in [0, 0.05) is 24.2 Å². The lowest BCUT2D eigenvalue weighted by Crippen LogP contribution is -2.33. The van der Waals surface area contributed by atoms with E-state index in [0.717, 1.165) is 44.6 Å². The highest BCUT2D eigenvalue weighted by atomic mass is 16.2. The molecule has 0 radical (unpaired) electrons. The van der Waals surface area contributed by atoms with Crippen molar-refractivity contribution in [2.24, 2.45) is 11.8 Å². The Labute approximate surface area is 160 Å². The molecule has 4 heteroatoms. The van der Waals surface area contributed by atoms with Gasteiger partial charge in [-0.05, 0) is 50.8 Å². The van der Waals surface area contributed by atoms with Crippen molar-refractivity contribution in [3.63, 3.8) is 0 Å². The van der Waals surface area contributed by atoms with Gasteiger partial charge in [-0.3, -0.25) is 9.59 Å². The van der Waals surface area contributed by atoms with Gasteiger partial charge in [0.1, 0.15) is 0 Å². The molecule has 2 aliphatic heterocycles. The van der Waals surface area contributed by atoms with Crippen molar-refractivity contribution >= 4 is 11.7 Å². The summed E-state index contributed by atoms with van der Waals surface area (Å²) in [6.45, 7) is 5.67. The van der Waals surface area contributed by atoms with Gasteiger partial charge in [-0.25, -0.2) is 0 Å². The fourth-order valence-electron chi connectivity index (χ4n) is 4.32. The van der Waals surface area contributed by atoms with Gasteiger partial charge in [0.25, 0.3) is 5.91 Å². The van der Waals surface area contributed by atoms with Crippen LogP contribution in [-0.4, -0.2) is 42.8 Å². The summed E-state index contributed by atoms with van der Waals surface area (Å²) in [5, 5.41) is 3.47. The third-order valence-electron chi connectivity index (χ3n) is 6.02. The molecule has 4 rings (SSSR count). The summed E-state index contributed by atoms with van der Waals surface area (Å²) >= 11 is 0. The van der Waals surface area contributed by atoms with Gasteiger partial charge in [0.15, 0.2) is 5.78 Å². The van der Waals surface area contributed by atoms with Crippen molar-refractivity contribution in [2.45, 2.75) is 19.8 Å². The van der Waals surface area contributed by atoms with Crippen molar-refractivity contribution in [3.05, 3.63) is 70.8 Å². The molecule has 2 heterocycles. The Kier molecular flexibility index (Phi) is 5.08. The third-order valence-corrected chi connectivity index (χ3v) is 6.02. The predicted molar refractivity (Wildman–Crippen MR) is 106 cm³/mol. The summed E-state index contributed by atoms with van der Waals surface area (Å²) in [6, 6.07) is 14.8. The molecule has 2 saturated heterocycles. The maximum Gasteiger partial charge on any atom is 0.254 e. The Morgan fingerprint density at radius 1 is 0.889 bits per heavy atom. The van der Waals surface area contributed by atoms with Crippen LogP contribution in [0.1, 0.15) is 44.7 Å². The normalized spacial score (nSPS) is 22.2. The van der Waals surface area contributed by atoms with Gasteiger partial charge < -0.3 is 10.2 Å². The van der Waals surface area contributed by atoms with Gasteiger partial charge in [-0.1, -0.05) is 48.0 Å². The Morgan fingerprint density at radius 3 is 2.11 bits per heavy atom. The highest BCUT2D eigenvalue weighted by Crippen LogP contribution is 2.28. The van der Waals surface area contributed by atoms with Crippen molar-refractivity contribution < 1.29 is 9.59 Å². The summed E-state index contributed by atoms with van der Waals surface area (Å²) in [7, 11) is 0. The van der Waals surface area contributed by atoms with E-state index in [9.17, 15) is 9.59 Å². The number of hydrogen-bond donors (Lipinski definition) is 1. The minimum Gasteiger partial charge on any atom is -0.339 e. The molecule has 1 N–H and O–H groups in total. The maximum atomic E-state index is 13.2. The molecule has 4 nitrogen and oxygen atoms in total. The van der Waals surface area contributed by atoms with E-state index >= 15 is 0 Å². The molecule has 0 aromatic heterocycles. The van der Waals surface area contributed by atoms with E-state index in [1.54, 1.807) is 12.1 Å². The second kappa shape index (κ2) is 7.65. The van der Waals surface area contributed by atoms with Crippen LogP contribution >= 0.6 is 0 Å². The second-order valence-corrected chi connectivity index (χ2v) is 7.79. The SMILES string of the molecule is Cc1ccc(C(=O)c2ccccc2C(=O)N2CC[C@@H]3CNC[C@@H]3CC2)cc1. The van der Waals surface area contributed by atoms with Crippen molar-refractivity contribution in [2.75, 3.05) is 26.2 Å². The lowest BCUT2D eigenvalue weighted by molar-refractivity contribution is 0.0754. The van der Waals surface area contributed by atoms with Gasteiger partial charge in [0.05, 0.1) is 5.56 Å². The molecule has 0 spiro atoms. The van der Waals surface area contributed by atoms with Crippen molar-refractivity contribution in [3.8, 4) is 0 Å². The molecular weight excluding hydrogens is 336 g/mol. The molecule has 0 bridgehead atoms. The van der Waals surface area contributed by atoms with Crippen LogP contribution in [0.5, 0.6) is 0 Å². The van der Waals surface area contributed by atoms with Crippen LogP contribution in [0.3, 0.4) is 0 Å². The van der Waals surface area contributed by atoms with Crippen LogP contribution in [0.25, 0.3) is 0 Å². The molecule has 1 amide bonds. The number of rotatable bonds is 3. The average molecular weight is 362 g/mol. The first kappa shape index (κ1) is 17.9. The van der Waals surface area contributed by atoms with E-state index in [0.29, 0.717) is 28.5 Å². The molecule has 140 valence electrons. The van der Waals surface area contributed by atoms with Crippen LogP contribution in [0.15, 0.2) is 48.5 Å². The summed E-state index contributed by atoms with van der Waals surface area (Å²) in [5.41, 5.74) is 2.75. The van der Waals surface area contributed by atoms with E-state index in [4.69, 9.17) is 0 Å². The number of carbonyl (C=O) groups is 2. The van der Waals surface area contributed by atoms with Gasteiger partial charge >= 0.3 is 0 Å². The number of amides is 1. The first-order valence-corrected chi connectivity index (χ1v) is 9.84. The van der Waals surface area contributed by atoms with Gasteiger partial charge in [-0.2, -0.15) is 0 Å². The molecule has 2 atom stereocenters. The van der Waals surface area contributed by atoms with E-state index in [-0.39, 0.29) is 11.7 Å². The topological polar surface area (TPSA) is 49.4 Å². The van der Waals surface area contributed by atoms with Gasteiger partial charge in [0.2, 0.25) is 0 Å². The zero-order chi connectivity index (χ0) is 18.8. The molecule has 2 aromatic carbocycles. The monoisotopic (exact) mass is 362 g/mol. The molecule has 0 unspecified atom stereocenters.